The third-order valence-corrected chi connectivity index (χ3v) is 4.36. The quantitative estimate of drug-likeness (QED) is 0.757. The van der Waals surface area contributed by atoms with E-state index in [1.165, 1.54) is 0 Å². The number of benzene rings is 1. The summed E-state index contributed by atoms with van der Waals surface area (Å²) in [7, 11) is 0. The van der Waals surface area contributed by atoms with Crippen molar-refractivity contribution in [1.29, 1.82) is 0 Å². The highest BCUT2D eigenvalue weighted by Crippen LogP contribution is 2.43. The molecule has 0 amide bonds. The summed E-state index contributed by atoms with van der Waals surface area (Å²) < 4.78 is 39.8. The molecule has 0 bridgehead atoms. The molecule has 2 N–H and O–H groups in total. The van der Waals surface area contributed by atoms with Crippen molar-refractivity contribution in [2.75, 3.05) is 26.2 Å². The highest BCUT2D eigenvalue weighted by molar-refractivity contribution is 9.10. The molecule has 1 saturated heterocycles. The zero-order chi connectivity index (χ0) is 17.2. The van der Waals surface area contributed by atoms with Crippen LogP contribution in [0, 0.1) is 0 Å². The molecule has 1 heterocycles. The van der Waals surface area contributed by atoms with Crippen molar-refractivity contribution in [2.24, 2.45) is 0 Å². The molecular weight excluding hydrogens is 373 g/mol. The number of alkyl halides is 3. The fourth-order valence-corrected chi connectivity index (χ4v) is 3.33. The number of rotatable bonds is 4. The van der Waals surface area contributed by atoms with Gasteiger partial charge in [0.2, 0.25) is 0 Å². The molecule has 23 heavy (non-hydrogen) atoms. The molecule has 2 rings (SSSR count). The van der Waals surface area contributed by atoms with E-state index in [0.717, 1.165) is 24.7 Å². The van der Waals surface area contributed by atoms with Gasteiger partial charge in [-0.3, -0.25) is 4.90 Å². The number of nitrogens with zero attached hydrogens (tertiary/aromatic N) is 1. The third kappa shape index (κ3) is 4.49. The maximum absolute atomic E-state index is 13.2. The number of halogens is 4. The van der Waals surface area contributed by atoms with E-state index in [0.29, 0.717) is 24.0 Å². The number of phenolic OH excluding ortho intramolecular Hbond substituents is 1. The lowest BCUT2D eigenvalue weighted by Gasteiger charge is -2.36. The predicted octanol–water partition coefficient (Wildman–Crippen LogP) is 4.09. The number of phenols is 1. The van der Waals surface area contributed by atoms with Crippen LogP contribution in [0.15, 0.2) is 28.8 Å². The summed E-state index contributed by atoms with van der Waals surface area (Å²) in [5, 5.41) is 13.5. The van der Waals surface area contributed by atoms with Crippen LogP contribution >= 0.6 is 15.9 Å². The molecule has 1 aliphatic rings. The van der Waals surface area contributed by atoms with Crippen molar-refractivity contribution in [3.8, 4) is 5.75 Å². The number of hydrogen-bond acceptors (Lipinski definition) is 3. The highest BCUT2D eigenvalue weighted by Gasteiger charge is 2.37. The van der Waals surface area contributed by atoms with E-state index in [2.05, 4.69) is 32.7 Å². The van der Waals surface area contributed by atoms with Gasteiger partial charge in [-0.25, -0.2) is 0 Å². The second-order valence-electron chi connectivity index (χ2n) is 5.85. The molecule has 1 aromatic carbocycles. The molecule has 0 unspecified atom stereocenters. The van der Waals surface area contributed by atoms with E-state index >= 15 is 0 Å². The molecule has 1 aliphatic heterocycles. The van der Waals surface area contributed by atoms with Gasteiger partial charge >= 0.3 is 6.18 Å². The van der Waals surface area contributed by atoms with Crippen LogP contribution in [-0.2, 0) is 6.18 Å². The molecule has 3 nitrogen and oxygen atoms in total. The van der Waals surface area contributed by atoms with Gasteiger partial charge in [0.1, 0.15) is 5.75 Å². The molecule has 1 aromatic rings. The number of piperazine rings is 1. The molecular formula is C16H20BrF3N2O. The third-order valence-electron chi connectivity index (χ3n) is 3.90. The van der Waals surface area contributed by atoms with E-state index in [1.54, 1.807) is 6.07 Å². The molecule has 1 fully saturated rings. The van der Waals surface area contributed by atoms with Crippen LogP contribution in [0.4, 0.5) is 13.2 Å². The van der Waals surface area contributed by atoms with E-state index in [9.17, 15) is 18.3 Å². The summed E-state index contributed by atoms with van der Waals surface area (Å²) in [6.07, 6.45) is -4.10. The van der Waals surface area contributed by atoms with Gasteiger partial charge in [0.25, 0.3) is 0 Å². The summed E-state index contributed by atoms with van der Waals surface area (Å²) in [6, 6.07) is 2.16. The van der Waals surface area contributed by atoms with Gasteiger partial charge in [0.05, 0.1) is 5.56 Å². The Morgan fingerprint density at radius 2 is 2.00 bits per heavy atom. The molecule has 7 heteroatoms. The Balaban J connectivity index is 2.49. The SMILES string of the molecule is C=C(C)C[C@H](c1cc(Br)cc(C(F)(F)F)c1O)N1CCNCC1. The van der Waals surface area contributed by atoms with Crippen LogP contribution in [0.25, 0.3) is 0 Å². The topological polar surface area (TPSA) is 35.5 Å². The monoisotopic (exact) mass is 392 g/mol. The normalized spacial score (nSPS) is 18.0. The van der Waals surface area contributed by atoms with Crippen LogP contribution in [0.3, 0.4) is 0 Å². The minimum Gasteiger partial charge on any atom is -0.507 e. The van der Waals surface area contributed by atoms with Crippen LogP contribution < -0.4 is 5.32 Å². The fourth-order valence-electron chi connectivity index (χ4n) is 2.85. The van der Waals surface area contributed by atoms with E-state index in [1.807, 2.05) is 6.92 Å². The average molecular weight is 393 g/mol. The zero-order valence-corrected chi connectivity index (χ0v) is 14.5. The first kappa shape index (κ1) is 18.3. The maximum Gasteiger partial charge on any atom is 0.420 e. The number of aromatic hydroxyl groups is 1. The van der Waals surface area contributed by atoms with Crippen molar-refractivity contribution < 1.29 is 18.3 Å². The molecule has 0 aromatic heterocycles. The van der Waals surface area contributed by atoms with E-state index in [4.69, 9.17) is 0 Å². The standard InChI is InChI=1S/C16H20BrF3N2O/c1-10(2)7-14(22-5-3-21-4-6-22)12-8-11(17)9-13(15(12)23)16(18,19)20/h8-9,14,21,23H,1,3-7H2,2H3/t14-/m1/s1. The van der Waals surface area contributed by atoms with Crippen molar-refractivity contribution in [2.45, 2.75) is 25.6 Å². The van der Waals surface area contributed by atoms with Gasteiger partial charge in [-0.15, -0.1) is 6.58 Å². The van der Waals surface area contributed by atoms with Gasteiger partial charge in [-0.2, -0.15) is 13.2 Å². The number of hydrogen-bond donors (Lipinski definition) is 2. The summed E-state index contributed by atoms with van der Waals surface area (Å²) in [5.41, 5.74) is 0.141. The first-order chi connectivity index (χ1) is 10.7. The van der Waals surface area contributed by atoms with Crippen molar-refractivity contribution in [1.82, 2.24) is 10.2 Å². The lowest BCUT2D eigenvalue weighted by atomic mass is 9.95. The Morgan fingerprint density at radius 3 is 2.52 bits per heavy atom. The van der Waals surface area contributed by atoms with Crippen LogP contribution in [0.5, 0.6) is 5.75 Å². The molecule has 0 radical (unpaired) electrons. The molecule has 0 aliphatic carbocycles. The maximum atomic E-state index is 13.2. The number of nitrogens with one attached hydrogen (secondary N) is 1. The zero-order valence-electron chi connectivity index (χ0n) is 12.9. The van der Waals surface area contributed by atoms with Crippen molar-refractivity contribution >= 4 is 15.9 Å². The highest BCUT2D eigenvalue weighted by atomic mass is 79.9. The molecule has 0 spiro atoms. The Hall–Kier alpha value is -1.05. The Labute approximate surface area is 142 Å². The van der Waals surface area contributed by atoms with Crippen LogP contribution in [0.2, 0.25) is 0 Å². The lowest BCUT2D eigenvalue weighted by molar-refractivity contribution is -0.138. The molecule has 0 saturated carbocycles. The predicted molar refractivity (Wildman–Crippen MR) is 87.4 cm³/mol. The molecule has 128 valence electrons. The summed E-state index contributed by atoms with van der Waals surface area (Å²) >= 11 is 3.13. The summed E-state index contributed by atoms with van der Waals surface area (Å²) in [6.45, 7) is 8.69. The largest absolute Gasteiger partial charge is 0.507 e. The molecule has 1 atom stereocenters. The van der Waals surface area contributed by atoms with Gasteiger partial charge in [-0.1, -0.05) is 21.5 Å². The van der Waals surface area contributed by atoms with Crippen molar-refractivity contribution in [3.63, 3.8) is 0 Å². The van der Waals surface area contributed by atoms with Crippen LogP contribution in [-0.4, -0.2) is 36.2 Å². The van der Waals surface area contributed by atoms with Gasteiger partial charge < -0.3 is 10.4 Å². The van der Waals surface area contributed by atoms with Gasteiger partial charge in [-0.05, 0) is 25.5 Å². The first-order valence-electron chi connectivity index (χ1n) is 7.39. The second-order valence-corrected chi connectivity index (χ2v) is 6.77. The Bertz CT molecular complexity index is 583. The van der Waals surface area contributed by atoms with Crippen LogP contribution in [0.1, 0.15) is 30.5 Å². The van der Waals surface area contributed by atoms with Crippen molar-refractivity contribution in [3.05, 3.63) is 39.9 Å². The minimum absolute atomic E-state index is 0.289. The van der Waals surface area contributed by atoms with E-state index < -0.39 is 17.5 Å². The van der Waals surface area contributed by atoms with E-state index in [-0.39, 0.29) is 11.6 Å². The first-order valence-corrected chi connectivity index (χ1v) is 8.18. The Kier molecular flexibility index (Phi) is 5.75. The Morgan fingerprint density at radius 1 is 1.39 bits per heavy atom. The summed E-state index contributed by atoms with van der Waals surface area (Å²) in [4.78, 5) is 2.09. The smallest absolute Gasteiger partial charge is 0.420 e. The average Bonchev–Trinajstić information content (AvgIpc) is 2.46. The lowest BCUT2D eigenvalue weighted by Crippen LogP contribution is -2.45. The minimum atomic E-state index is -4.60. The summed E-state index contributed by atoms with van der Waals surface area (Å²) in [5.74, 6) is -0.689. The van der Waals surface area contributed by atoms with Gasteiger partial charge in [0, 0.05) is 42.3 Å². The van der Waals surface area contributed by atoms with Gasteiger partial charge in [0.15, 0.2) is 0 Å². The fraction of sp³-hybridized carbons (Fsp3) is 0.500. The second kappa shape index (κ2) is 7.23.